The highest BCUT2D eigenvalue weighted by Crippen LogP contribution is 2.15. The standard InChI is InChI=1S/C21H20N2O3/c24-20(18-12-16-8-4-5-9-19(16)26-21(18)25)22-17-10-11-23(14-17)13-15-6-2-1-3-7-15/h1-9,12,17H,10-11,13-14H2,(H,22,24)/t17-/m1/s1. The summed E-state index contributed by atoms with van der Waals surface area (Å²) in [5.74, 6) is -0.365. The van der Waals surface area contributed by atoms with Crippen molar-refractivity contribution in [2.24, 2.45) is 0 Å². The number of rotatable bonds is 4. The zero-order chi connectivity index (χ0) is 17.9. The van der Waals surface area contributed by atoms with Gasteiger partial charge in [-0.15, -0.1) is 0 Å². The maximum Gasteiger partial charge on any atom is 0.349 e. The molecule has 26 heavy (non-hydrogen) atoms. The summed E-state index contributed by atoms with van der Waals surface area (Å²) in [5, 5.41) is 3.72. The number of nitrogens with zero attached hydrogens (tertiary/aromatic N) is 1. The van der Waals surface area contributed by atoms with Crippen LogP contribution in [0.5, 0.6) is 0 Å². The smallest absolute Gasteiger partial charge is 0.349 e. The summed E-state index contributed by atoms with van der Waals surface area (Å²) >= 11 is 0. The van der Waals surface area contributed by atoms with E-state index in [1.807, 2.05) is 30.3 Å². The molecule has 0 bridgehead atoms. The summed E-state index contributed by atoms with van der Waals surface area (Å²) in [6.07, 6.45) is 0.873. The van der Waals surface area contributed by atoms with Crippen LogP contribution >= 0.6 is 0 Å². The Hall–Kier alpha value is -2.92. The number of hydrogen-bond acceptors (Lipinski definition) is 4. The molecule has 4 rings (SSSR count). The minimum atomic E-state index is -0.597. The fraction of sp³-hybridized carbons (Fsp3) is 0.238. The number of benzene rings is 2. The molecule has 1 fully saturated rings. The molecule has 1 atom stereocenters. The fourth-order valence-electron chi connectivity index (χ4n) is 3.42. The van der Waals surface area contributed by atoms with Crippen LogP contribution in [-0.2, 0) is 6.54 Å². The number of hydrogen-bond donors (Lipinski definition) is 1. The first kappa shape index (κ1) is 16.5. The highest BCUT2D eigenvalue weighted by molar-refractivity contribution is 5.96. The van der Waals surface area contributed by atoms with Crippen molar-refractivity contribution in [1.82, 2.24) is 10.2 Å². The van der Waals surface area contributed by atoms with Gasteiger partial charge in [-0.05, 0) is 24.1 Å². The molecule has 5 heteroatoms. The van der Waals surface area contributed by atoms with E-state index in [1.54, 1.807) is 18.2 Å². The highest BCUT2D eigenvalue weighted by atomic mass is 16.4. The average Bonchev–Trinajstić information content (AvgIpc) is 3.08. The molecule has 3 aromatic rings. The minimum absolute atomic E-state index is 0.0390. The maximum atomic E-state index is 12.5. The lowest BCUT2D eigenvalue weighted by atomic mass is 10.1. The second kappa shape index (κ2) is 7.14. The molecule has 5 nitrogen and oxygen atoms in total. The number of para-hydroxylation sites is 1. The molecular formula is C21H20N2O3. The summed E-state index contributed by atoms with van der Waals surface area (Å²) in [6.45, 7) is 2.57. The van der Waals surface area contributed by atoms with Crippen molar-refractivity contribution in [1.29, 1.82) is 0 Å². The molecule has 2 aromatic carbocycles. The van der Waals surface area contributed by atoms with Crippen molar-refractivity contribution in [3.05, 3.63) is 82.2 Å². The third kappa shape index (κ3) is 3.53. The van der Waals surface area contributed by atoms with E-state index >= 15 is 0 Å². The van der Waals surface area contributed by atoms with Gasteiger partial charge in [0.1, 0.15) is 11.1 Å². The number of amides is 1. The van der Waals surface area contributed by atoms with Gasteiger partial charge in [-0.2, -0.15) is 0 Å². The first-order chi connectivity index (χ1) is 12.7. The lowest BCUT2D eigenvalue weighted by Gasteiger charge is -2.16. The molecule has 1 aromatic heterocycles. The summed E-state index contributed by atoms with van der Waals surface area (Å²) in [4.78, 5) is 27.0. The van der Waals surface area contributed by atoms with Crippen LogP contribution in [0.15, 0.2) is 69.9 Å². The van der Waals surface area contributed by atoms with Gasteiger partial charge in [0, 0.05) is 31.1 Å². The van der Waals surface area contributed by atoms with E-state index in [2.05, 4.69) is 22.3 Å². The number of carbonyl (C=O) groups is 1. The Morgan fingerprint density at radius 3 is 2.73 bits per heavy atom. The molecular weight excluding hydrogens is 328 g/mol. The van der Waals surface area contributed by atoms with E-state index in [0.29, 0.717) is 5.58 Å². The Kier molecular flexibility index (Phi) is 4.54. The largest absolute Gasteiger partial charge is 0.422 e. The van der Waals surface area contributed by atoms with Crippen molar-refractivity contribution in [2.75, 3.05) is 13.1 Å². The van der Waals surface area contributed by atoms with E-state index in [0.717, 1.165) is 31.4 Å². The molecule has 1 aliphatic heterocycles. The first-order valence-electron chi connectivity index (χ1n) is 8.79. The molecule has 0 radical (unpaired) electrons. The molecule has 1 saturated heterocycles. The summed E-state index contributed by atoms with van der Waals surface area (Å²) < 4.78 is 5.25. The third-order valence-corrected chi connectivity index (χ3v) is 4.74. The van der Waals surface area contributed by atoms with Gasteiger partial charge in [-0.1, -0.05) is 48.5 Å². The van der Waals surface area contributed by atoms with Gasteiger partial charge < -0.3 is 9.73 Å². The molecule has 1 aliphatic rings. The van der Waals surface area contributed by atoms with Crippen LogP contribution < -0.4 is 10.9 Å². The molecule has 1 amide bonds. The Labute approximate surface area is 151 Å². The van der Waals surface area contributed by atoms with Crippen LogP contribution in [0.2, 0.25) is 0 Å². The van der Waals surface area contributed by atoms with E-state index in [4.69, 9.17) is 4.42 Å². The number of nitrogens with one attached hydrogen (secondary N) is 1. The Bertz CT molecular complexity index is 981. The van der Waals surface area contributed by atoms with Crippen LogP contribution in [0.1, 0.15) is 22.3 Å². The minimum Gasteiger partial charge on any atom is -0.422 e. The number of carbonyl (C=O) groups excluding carboxylic acids is 1. The lowest BCUT2D eigenvalue weighted by Crippen LogP contribution is -2.38. The average molecular weight is 348 g/mol. The van der Waals surface area contributed by atoms with E-state index in [-0.39, 0.29) is 17.5 Å². The first-order valence-corrected chi connectivity index (χ1v) is 8.79. The monoisotopic (exact) mass is 348 g/mol. The maximum absolute atomic E-state index is 12.5. The van der Waals surface area contributed by atoms with Gasteiger partial charge in [0.05, 0.1) is 0 Å². The normalized spacial score (nSPS) is 17.5. The van der Waals surface area contributed by atoms with Crippen LogP contribution in [0.4, 0.5) is 0 Å². The van der Waals surface area contributed by atoms with Crippen molar-refractivity contribution in [3.8, 4) is 0 Å². The van der Waals surface area contributed by atoms with E-state index < -0.39 is 5.63 Å². The Morgan fingerprint density at radius 1 is 1.12 bits per heavy atom. The topological polar surface area (TPSA) is 62.6 Å². The van der Waals surface area contributed by atoms with Gasteiger partial charge in [-0.3, -0.25) is 9.69 Å². The Balaban J connectivity index is 1.42. The quantitative estimate of drug-likeness (QED) is 0.737. The van der Waals surface area contributed by atoms with Gasteiger partial charge in [0.2, 0.25) is 0 Å². The number of fused-ring (bicyclic) bond motifs is 1. The predicted octanol–water partition coefficient (Wildman–Crippen LogP) is 2.80. The van der Waals surface area contributed by atoms with E-state index in [9.17, 15) is 9.59 Å². The fourth-order valence-corrected chi connectivity index (χ4v) is 3.42. The van der Waals surface area contributed by atoms with E-state index in [1.165, 1.54) is 5.56 Å². The highest BCUT2D eigenvalue weighted by Gasteiger charge is 2.25. The van der Waals surface area contributed by atoms with Gasteiger partial charge in [-0.25, -0.2) is 4.79 Å². The van der Waals surface area contributed by atoms with Crippen molar-refractivity contribution in [3.63, 3.8) is 0 Å². The van der Waals surface area contributed by atoms with Crippen LogP contribution in [0, 0.1) is 0 Å². The van der Waals surface area contributed by atoms with Crippen molar-refractivity contribution in [2.45, 2.75) is 19.0 Å². The SMILES string of the molecule is O=C(N[C@@H]1CCN(Cc2ccccc2)C1)c1cc2ccccc2oc1=O. The van der Waals surface area contributed by atoms with Crippen LogP contribution in [-0.4, -0.2) is 29.9 Å². The molecule has 132 valence electrons. The second-order valence-corrected chi connectivity index (χ2v) is 6.67. The third-order valence-electron chi connectivity index (χ3n) is 4.74. The van der Waals surface area contributed by atoms with Gasteiger partial charge >= 0.3 is 5.63 Å². The summed E-state index contributed by atoms with van der Waals surface area (Å²) in [7, 11) is 0. The second-order valence-electron chi connectivity index (χ2n) is 6.67. The zero-order valence-corrected chi connectivity index (χ0v) is 14.4. The van der Waals surface area contributed by atoms with Crippen molar-refractivity contribution < 1.29 is 9.21 Å². The van der Waals surface area contributed by atoms with Crippen LogP contribution in [0.25, 0.3) is 11.0 Å². The zero-order valence-electron chi connectivity index (χ0n) is 14.4. The molecule has 0 spiro atoms. The molecule has 0 saturated carbocycles. The molecule has 0 aliphatic carbocycles. The lowest BCUT2D eigenvalue weighted by molar-refractivity contribution is 0.0934. The predicted molar refractivity (Wildman–Crippen MR) is 100 cm³/mol. The summed E-state index contributed by atoms with van der Waals surface area (Å²) in [6, 6.07) is 19.1. The molecule has 2 heterocycles. The summed E-state index contributed by atoms with van der Waals surface area (Å²) in [5.41, 5.74) is 1.21. The van der Waals surface area contributed by atoms with Gasteiger partial charge in [0.15, 0.2) is 0 Å². The molecule has 1 N–H and O–H groups in total. The van der Waals surface area contributed by atoms with Gasteiger partial charge in [0.25, 0.3) is 5.91 Å². The van der Waals surface area contributed by atoms with Crippen LogP contribution in [0.3, 0.4) is 0 Å². The molecule has 0 unspecified atom stereocenters. The van der Waals surface area contributed by atoms with Crippen molar-refractivity contribution >= 4 is 16.9 Å². The number of likely N-dealkylation sites (tertiary alicyclic amines) is 1. The Morgan fingerprint density at radius 2 is 1.88 bits per heavy atom.